The number of carbonyl (C=O) groups excluding carboxylic acids is 2. The zero-order valence-corrected chi connectivity index (χ0v) is 8.91. The van der Waals surface area contributed by atoms with Gasteiger partial charge in [0.15, 0.2) is 0 Å². The molecule has 0 aromatic heterocycles. The molecule has 5 heteroatoms. The maximum absolute atomic E-state index is 11.6. The van der Waals surface area contributed by atoms with E-state index in [1.807, 2.05) is 0 Å². The van der Waals surface area contributed by atoms with Gasteiger partial charge in [-0.1, -0.05) is 0 Å². The quantitative estimate of drug-likeness (QED) is 0.653. The molecule has 0 radical (unpaired) electrons. The van der Waals surface area contributed by atoms with E-state index in [1.54, 1.807) is 0 Å². The van der Waals surface area contributed by atoms with E-state index in [2.05, 4.69) is 5.32 Å². The molecule has 84 valence electrons. The van der Waals surface area contributed by atoms with E-state index in [0.717, 1.165) is 12.8 Å². The highest BCUT2D eigenvalue weighted by atomic mass is 16.5. The van der Waals surface area contributed by atoms with Crippen molar-refractivity contribution in [1.82, 2.24) is 5.32 Å². The molecular formula is C10H15NO4. The molecule has 2 bridgehead atoms. The minimum atomic E-state index is -0.612. The zero-order chi connectivity index (χ0) is 11.1. The van der Waals surface area contributed by atoms with E-state index in [-0.39, 0.29) is 24.1 Å². The van der Waals surface area contributed by atoms with Crippen LogP contribution in [0.4, 0.5) is 0 Å². The fraction of sp³-hybridized carbons (Fsp3) is 0.800. The third kappa shape index (κ3) is 1.61. The fourth-order valence-corrected chi connectivity index (χ4v) is 2.60. The molecule has 1 N–H and O–H groups in total. The summed E-state index contributed by atoms with van der Waals surface area (Å²) in [5, 5.41) is 3.20. The van der Waals surface area contributed by atoms with E-state index in [1.165, 1.54) is 14.0 Å². The van der Waals surface area contributed by atoms with Crippen molar-refractivity contribution in [2.75, 3.05) is 7.11 Å². The van der Waals surface area contributed by atoms with E-state index in [9.17, 15) is 9.59 Å². The van der Waals surface area contributed by atoms with Crippen LogP contribution >= 0.6 is 0 Å². The molecule has 0 aromatic rings. The standard InChI is InChI=1S/C10H15NO4/c1-6(12)15-8-5-10(9(13)14-2)4-3-7(8)11-10/h7-8,11H,3-5H2,1-2H3/t7-,8+,10+/m0/s1. The first-order chi connectivity index (χ1) is 7.07. The Balaban J connectivity index is 2.08. The van der Waals surface area contributed by atoms with Gasteiger partial charge in [-0.25, -0.2) is 0 Å². The second-order valence-corrected chi connectivity index (χ2v) is 4.22. The second-order valence-electron chi connectivity index (χ2n) is 4.22. The highest BCUT2D eigenvalue weighted by Gasteiger charge is 2.56. The molecule has 2 heterocycles. The van der Waals surface area contributed by atoms with Gasteiger partial charge < -0.3 is 9.47 Å². The molecule has 3 atom stereocenters. The number of rotatable bonds is 2. The average Bonchev–Trinajstić information content (AvgIpc) is 2.74. The van der Waals surface area contributed by atoms with E-state index in [4.69, 9.17) is 9.47 Å². The molecule has 5 nitrogen and oxygen atoms in total. The topological polar surface area (TPSA) is 64.6 Å². The Morgan fingerprint density at radius 3 is 2.80 bits per heavy atom. The number of esters is 2. The molecule has 2 aliphatic heterocycles. The van der Waals surface area contributed by atoms with Gasteiger partial charge in [-0.15, -0.1) is 0 Å². The number of nitrogens with one attached hydrogen (secondary N) is 1. The molecule has 0 aliphatic carbocycles. The van der Waals surface area contributed by atoms with Crippen LogP contribution in [0.5, 0.6) is 0 Å². The highest BCUT2D eigenvalue weighted by molar-refractivity contribution is 5.82. The summed E-state index contributed by atoms with van der Waals surface area (Å²) >= 11 is 0. The van der Waals surface area contributed by atoms with Crippen LogP contribution in [0.15, 0.2) is 0 Å². The molecule has 0 spiro atoms. The maximum atomic E-state index is 11.6. The first-order valence-electron chi connectivity index (χ1n) is 5.11. The first kappa shape index (κ1) is 10.4. The van der Waals surface area contributed by atoms with Crippen molar-refractivity contribution < 1.29 is 19.1 Å². The third-order valence-corrected chi connectivity index (χ3v) is 3.24. The van der Waals surface area contributed by atoms with Gasteiger partial charge in [0.05, 0.1) is 7.11 Å². The molecule has 2 rings (SSSR count). The van der Waals surface area contributed by atoms with Gasteiger partial charge >= 0.3 is 11.9 Å². The monoisotopic (exact) mass is 213 g/mol. The first-order valence-corrected chi connectivity index (χ1v) is 5.11. The van der Waals surface area contributed by atoms with Gasteiger partial charge in [0, 0.05) is 19.4 Å². The van der Waals surface area contributed by atoms with Crippen LogP contribution in [-0.2, 0) is 19.1 Å². The summed E-state index contributed by atoms with van der Waals surface area (Å²) in [6.07, 6.45) is 1.97. The largest absolute Gasteiger partial charge is 0.468 e. The minimum Gasteiger partial charge on any atom is -0.468 e. The van der Waals surface area contributed by atoms with Gasteiger partial charge in [0.25, 0.3) is 0 Å². The van der Waals surface area contributed by atoms with Gasteiger partial charge in [-0.05, 0) is 12.8 Å². The number of hydrogen-bond acceptors (Lipinski definition) is 5. The molecule has 0 amide bonds. The van der Waals surface area contributed by atoms with Gasteiger partial charge in [0.2, 0.25) is 0 Å². The summed E-state index contributed by atoms with van der Waals surface area (Å²) in [4.78, 5) is 22.5. The van der Waals surface area contributed by atoms with Crippen molar-refractivity contribution in [3.63, 3.8) is 0 Å². The lowest BCUT2D eigenvalue weighted by atomic mass is 9.86. The minimum absolute atomic E-state index is 0.105. The molecule has 0 saturated carbocycles. The van der Waals surface area contributed by atoms with Crippen molar-refractivity contribution in [3.05, 3.63) is 0 Å². The van der Waals surface area contributed by atoms with Crippen LogP contribution in [-0.4, -0.2) is 36.7 Å². The molecule has 15 heavy (non-hydrogen) atoms. The Kier molecular flexibility index (Phi) is 2.42. The Morgan fingerprint density at radius 1 is 1.47 bits per heavy atom. The lowest BCUT2D eigenvalue weighted by molar-refractivity contribution is -0.152. The lowest BCUT2D eigenvalue weighted by Crippen LogP contribution is -2.45. The normalized spacial score (nSPS) is 37.7. The van der Waals surface area contributed by atoms with Crippen LogP contribution in [0.25, 0.3) is 0 Å². The van der Waals surface area contributed by atoms with Crippen LogP contribution in [0.3, 0.4) is 0 Å². The van der Waals surface area contributed by atoms with Crippen molar-refractivity contribution in [2.45, 2.75) is 43.9 Å². The Hall–Kier alpha value is -1.10. The summed E-state index contributed by atoms with van der Waals surface area (Å²) in [6, 6.07) is 0.105. The van der Waals surface area contributed by atoms with Crippen molar-refractivity contribution in [1.29, 1.82) is 0 Å². The van der Waals surface area contributed by atoms with Crippen LogP contribution in [0, 0.1) is 0 Å². The smallest absolute Gasteiger partial charge is 0.326 e. The number of carbonyl (C=O) groups is 2. The molecule has 2 aliphatic rings. The molecule has 0 aromatic carbocycles. The summed E-state index contributed by atoms with van der Waals surface area (Å²) < 4.78 is 9.92. The van der Waals surface area contributed by atoms with Gasteiger partial charge in [-0.3, -0.25) is 14.9 Å². The summed E-state index contributed by atoms with van der Waals surface area (Å²) in [5.41, 5.74) is -0.612. The summed E-state index contributed by atoms with van der Waals surface area (Å²) in [6.45, 7) is 1.39. The van der Waals surface area contributed by atoms with E-state index in [0.29, 0.717) is 6.42 Å². The van der Waals surface area contributed by atoms with Crippen molar-refractivity contribution in [2.24, 2.45) is 0 Å². The van der Waals surface area contributed by atoms with Crippen molar-refractivity contribution in [3.8, 4) is 0 Å². The predicted molar refractivity (Wildman–Crippen MR) is 51.1 cm³/mol. The SMILES string of the molecule is COC(=O)[C@]12CC[C@H](N1)[C@H](OC(C)=O)C2. The van der Waals surface area contributed by atoms with Crippen LogP contribution in [0.1, 0.15) is 26.2 Å². The maximum Gasteiger partial charge on any atom is 0.326 e. The summed E-state index contributed by atoms with van der Waals surface area (Å²) in [5.74, 6) is -0.547. The van der Waals surface area contributed by atoms with E-state index < -0.39 is 5.54 Å². The average molecular weight is 213 g/mol. The van der Waals surface area contributed by atoms with Gasteiger partial charge in [0.1, 0.15) is 11.6 Å². The molecule has 2 saturated heterocycles. The fourth-order valence-electron chi connectivity index (χ4n) is 2.60. The van der Waals surface area contributed by atoms with E-state index >= 15 is 0 Å². The lowest BCUT2D eigenvalue weighted by Gasteiger charge is -2.25. The Morgan fingerprint density at radius 2 is 2.20 bits per heavy atom. The van der Waals surface area contributed by atoms with Crippen LogP contribution in [0.2, 0.25) is 0 Å². The number of hydrogen-bond donors (Lipinski definition) is 1. The number of ether oxygens (including phenoxy) is 2. The predicted octanol–water partition coefficient (Wildman–Crippen LogP) is -0.0144. The van der Waals surface area contributed by atoms with Crippen LogP contribution < -0.4 is 5.32 Å². The molecule has 0 unspecified atom stereocenters. The Bertz CT molecular complexity index is 304. The second kappa shape index (κ2) is 3.48. The van der Waals surface area contributed by atoms with Crippen molar-refractivity contribution >= 4 is 11.9 Å². The third-order valence-electron chi connectivity index (χ3n) is 3.24. The number of methoxy groups -OCH3 is 1. The highest BCUT2D eigenvalue weighted by Crippen LogP contribution is 2.39. The molecule has 2 fully saturated rings. The Labute approximate surface area is 88.1 Å². The number of fused-ring (bicyclic) bond motifs is 2. The summed E-state index contributed by atoms with van der Waals surface area (Å²) in [7, 11) is 1.38. The van der Waals surface area contributed by atoms with Gasteiger partial charge in [-0.2, -0.15) is 0 Å². The molecular weight excluding hydrogens is 198 g/mol. The zero-order valence-electron chi connectivity index (χ0n) is 8.91.